The van der Waals surface area contributed by atoms with Gasteiger partial charge in [-0.15, -0.1) is 0 Å². The van der Waals surface area contributed by atoms with Gasteiger partial charge in [0.05, 0.1) is 12.6 Å². The molecule has 0 unspecified atom stereocenters. The lowest BCUT2D eigenvalue weighted by Gasteiger charge is -2.15. The van der Waals surface area contributed by atoms with Crippen LogP contribution in [0.2, 0.25) is 0 Å². The first-order chi connectivity index (χ1) is 11.7. The van der Waals surface area contributed by atoms with E-state index in [4.69, 9.17) is 5.73 Å². The van der Waals surface area contributed by atoms with E-state index in [2.05, 4.69) is 16.0 Å². The Kier molecular flexibility index (Phi) is 7.93. The third kappa shape index (κ3) is 6.46. The number of amides is 3. The van der Waals surface area contributed by atoms with Gasteiger partial charge in [-0.25, -0.2) is 8.78 Å². The molecule has 0 radical (unpaired) electrons. The van der Waals surface area contributed by atoms with E-state index in [1.807, 2.05) is 0 Å². The van der Waals surface area contributed by atoms with Gasteiger partial charge < -0.3 is 21.7 Å². The van der Waals surface area contributed by atoms with Crippen molar-refractivity contribution in [3.63, 3.8) is 0 Å². The normalized spacial score (nSPS) is 11.8. The van der Waals surface area contributed by atoms with Crippen LogP contribution in [0, 0.1) is 17.6 Å². The number of rotatable bonds is 8. The number of carbonyl (C=O) groups excluding carboxylic acids is 3. The fraction of sp³-hybridized carbons (Fsp3) is 0.438. The molecule has 0 fully saturated rings. The van der Waals surface area contributed by atoms with E-state index < -0.39 is 41.0 Å². The van der Waals surface area contributed by atoms with E-state index in [1.54, 1.807) is 13.8 Å². The van der Waals surface area contributed by atoms with Crippen molar-refractivity contribution in [2.24, 2.45) is 11.7 Å². The zero-order valence-corrected chi connectivity index (χ0v) is 14.1. The average Bonchev–Trinajstić information content (AvgIpc) is 2.55. The molecule has 0 aliphatic carbocycles. The van der Waals surface area contributed by atoms with Gasteiger partial charge in [0.25, 0.3) is 5.91 Å². The molecular weight excluding hydrogens is 334 g/mol. The highest BCUT2D eigenvalue weighted by Crippen LogP contribution is 2.11. The minimum Gasteiger partial charge on any atom is -0.353 e. The summed E-state index contributed by atoms with van der Waals surface area (Å²) in [7, 11) is 0. The molecule has 3 amide bonds. The number of carbonyl (C=O) groups is 3. The van der Waals surface area contributed by atoms with E-state index in [0.717, 1.165) is 18.2 Å². The third-order valence-electron chi connectivity index (χ3n) is 3.37. The Labute approximate surface area is 144 Å². The monoisotopic (exact) mass is 356 g/mol. The number of hydrogen-bond acceptors (Lipinski definition) is 4. The molecule has 0 aliphatic rings. The fourth-order valence-electron chi connectivity index (χ4n) is 1.83. The zero-order chi connectivity index (χ0) is 19.0. The lowest BCUT2D eigenvalue weighted by atomic mass is 10.1. The Bertz CT molecular complexity index is 618. The largest absolute Gasteiger partial charge is 0.353 e. The summed E-state index contributed by atoms with van der Waals surface area (Å²) in [4.78, 5) is 34.9. The summed E-state index contributed by atoms with van der Waals surface area (Å²) in [6.07, 6.45) is 0. The SMILES string of the molecule is CC(C)[C@H](N)C(=O)NCC(=O)NCCNC(=O)c1c(F)cccc1F. The van der Waals surface area contributed by atoms with Crippen molar-refractivity contribution in [3.8, 4) is 0 Å². The van der Waals surface area contributed by atoms with Gasteiger partial charge in [-0.3, -0.25) is 14.4 Å². The van der Waals surface area contributed by atoms with Crippen LogP contribution in [0.25, 0.3) is 0 Å². The number of nitrogens with one attached hydrogen (secondary N) is 3. The van der Waals surface area contributed by atoms with Gasteiger partial charge in [0.1, 0.15) is 17.2 Å². The molecule has 0 heterocycles. The molecule has 1 aromatic carbocycles. The molecule has 1 rings (SSSR count). The van der Waals surface area contributed by atoms with Crippen molar-refractivity contribution in [3.05, 3.63) is 35.4 Å². The summed E-state index contributed by atoms with van der Waals surface area (Å²) in [5.74, 6) is -3.82. The van der Waals surface area contributed by atoms with Crippen molar-refractivity contribution in [1.82, 2.24) is 16.0 Å². The van der Waals surface area contributed by atoms with Crippen molar-refractivity contribution in [2.75, 3.05) is 19.6 Å². The molecule has 0 bridgehead atoms. The van der Waals surface area contributed by atoms with E-state index in [0.29, 0.717) is 0 Å². The molecule has 0 spiro atoms. The van der Waals surface area contributed by atoms with Crippen molar-refractivity contribution in [2.45, 2.75) is 19.9 Å². The topological polar surface area (TPSA) is 113 Å². The zero-order valence-electron chi connectivity index (χ0n) is 14.1. The molecule has 25 heavy (non-hydrogen) atoms. The van der Waals surface area contributed by atoms with Gasteiger partial charge in [0, 0.05) is 13.1 Å². The lowest BCUT2D eigenvalue weighted by Crippen LogP contribution is -2.47. The molecular formula is C16H22F2N4O3. The highest BCUT2D eigenvalue weighted by atomic mass is 19.1. The Morgan fingerprint density at radius 2 is 1.60 bits per heavy atom. The van der Waals surface area contributed by atoms with Gasteiger partial charge in [-0.1, -0.05) is 19.9 Å². The maximum atomic E-state index is 13.4. The van der Waals surface area contributed by atoms with E-state index in [1.165, 1.54) is 0 Å². The number of benzene rings is 1. The minimum atomic E-state index is -0.967. The first kappa shape index (κ1) is 20.5. The van der Waals surface area contributed by atoms with Crippen LogP contribution in [0.15, 0.2) is 18.2 Å². The predicted molar refractivity (Wildman–Crippen MR) is 87.5 cm³/mol. The summed E-state index contributed by atoms with van der Waals surface area (Å²) in [5.41, 5.74) is 4.95. The molecule has 0 aliphatic heterocycles. The van der Waals surface area contributed by atoms with E-state index in [-0.39, 0.29) is 25.6 Å². The maximum Gasteiger partial charge on any atom is 0.257 e. The summed E-state index contributed by atoms with van der Waals surface area (Å²) >= 11 is 0. The van der Waals surface area contributed by atoms with Crippen LogP contribution in [-0.4, -0.2) is 43.4 Å². The minimum absolute atomic E-state index is 0.0300. The molecule has 9 heteroatoms. The second-order valence-electron chi connectivity index (χ2n) is 5.69. The van der Waals surface area contributed by atoms with Crippen LogP contribution in [0.1, 0.15) is 24.2 Å². The van der Waals surface area contributed by atoms with Crippen LogP contribution >= 0.6 is 0 Å². The third-order valence-corrected chi connectivity index (χ3v) is 3.37. The predicted octanol–water partition coefficient (Wildman–Crippen LogP) is -0.0897. The Morgan fingerprint density at radius 1 is 1.04 bits per heavy atom. The van der Waals surface area contributed by atoms with Gasteiger partial charge >= 0.3 is 0 Å². The number of halogens is 2. The summed E-state index contributed by atoms with van der Waals surface area (Å²) in [6, 6.07) is 2.40. The smallest absolute Gasteiger partial charge is 0.257 e. The fourth-order valence-corrected chi connectivity index (χ4v) is 1.83. The molecule has 1 aromatic rings. The Morgan fingerprint density at radius 3 is 2.16 bits per heavy atom. The second-order valence-corrected chi connectivity index (χ2v) is 5.69. The molecule has 0 saturated carbocycles. The van der Waals surface area contributed by atoms with Crippen LogP contribution in [0.5, 0.6) is 0 Å². The first-order valence-electron chi connectivity index (χ1n) is 7.76. The van der Waals surface area contributed by atoms with Gasteiger partial charge in [0.15, 0.2) is 0 Å². The van der Waals surface area contributed by atoms with Crippen LogP contribution in [0.3, 0.4) is 0 Å². The average molecular weight is 356 g/mol. The highest BCUT2D eigenvalue weighted by Gasteiger charge is 2.18. The highest BCUT2D eigenvalue weighted by molar-refractivity contribution is 5.94. The van der Waals surface area contributed by atoms with Crippen LogP contribution in [0.4, 0.5) is 8.78 Å². The number of hydrogen-bond donors (Lipinski definition) is 4. The second kappa shape index (κ2) is 9.67. The lowest BCUT2D eigenvalue weighted by molar-refractivity contribution is -0.127. The molecule has 7 nitrogen and oxygen atoms in total. The van der Waals surface area contributed by atoms with Crippen LogP contribution < -0.4 is 21.7 Å². The van der Waals surface area contributed by atoms with Crippen molar-refractivity contribution in [1.29, 1.82) is 0 Å². The number of nitrogens with two attached hydrogens (primary N) is 1. The Balaban J connectivity index is 2.30. The molecule has 1 atom stereocenters. The van der Waals surface area contributed by atoms with E-state index >= 15 is 0 Å². The van der Waals surface area contributed by atoms with Crippen molar-refractivity contribution >= 4 is 17.7 Å². The summed E-state index contributed by atoms with van der Waals surface area (Å²) in [5, 5.41) is 7.13. The molecule has 138 valence electrons. The van der Waals surface area contributed by atoms with Gasteiger partial charge in [-0.2, -0.15) is 0 Å². The van der Waals surface area contributed by atoms with E-state index in [9.17, 15) is 23.2 Å². The Hall–Kier alpha value is -2.55. The molecule has 0 saturated heterocycles. The van der Waals surface area contributed by atoms with Crippen LogP contribution in [-0.2, 0) is 9.59 Å². The standard InChI is InChI=1S/C16H22F2N4O3/c1-9(2)14(19)16(25)22-8-12(23)20-6-7-21-15(24)13-10(17)4-3-5-11(13)18/h3-5,9,14H,6-8,19H2,1-2H3,(H,20,23)(H,21,24)(H,22,25)/t14-/m0/s1. The van der Waals surface area contributed by atoms with Gasteiger partial charge in [0.2, 0.25) is 11.8 Å². The first-order valence-corrected chi connectivity index (χ1v) is 7.76. The summed E-state index contributed by atoms with van der Waals surface area (Å²) < 4.78 is 26.8. The quantitative estimate of drug-likeness (QED) is 0.488. The van der Waals surface area contributed by atoms with Gasteiger partial charge in [-0.05, 0) is 18.1 Å². The van der Waals surface area contributed by atoms with Crippen molar-refractivity contribution < 1.29 is 23.2 Å². The summed E-state index contributed by atoms with van der Waals surface area (Å²) in [6.45, 7) is 3.32. The maximum absolute atomic E-state index is 13.4. The molecule has 0 aromatic heterocycles. The molecule has 5 N–H and O–H groups in total.